The fourth-order valence-corrected chi connectivity index (χ4v) is 2.59. The van der Waals surface area contributed by atoms with Gasteiger partial charge in [0, 0.05) is 0 Å². The molecule has 18 heavy (non-hydrogen) atoms. The van der Waals surface area contributed by atoms with Crippen molar-refractivity contribution in [2.75, 3.05) is 6.54 Å². The van der Waals surface area contributed by atoms with Gasteiger partial charge in [-0.1, -0.05) is 0 Å². The van der Waals surface area contributed by atoms with Crippen LogP contribution in [0.5, 0.6) is 0 Å². The summed E-state index contributed by atoms with van der Waals surface area (Å²) < 4.78 is 5.36. The van der Waals surface area contributed by atoms with Gasteiger partial charge >= 0.3 is 5.97 Å². The van der Waals surface area contributed by atoms with Crippen LogP contribution in [0.2, 0.25) is 0 Å². The summed E-state index contributed by atoms with van der Waals surface area (Å²) in [6, 6.07) is 1.97. The SMILES string of the molecule is Cc1ccoc1CNCC1CCC(C(=O)O)CC1. The maximum atomic E-state index is 10.8. The van der Waals surface area contributed by atoms with Crippen LogP contribution in [0.4, 0.5) is 0 Å². The predicted molar refractivity (Wildman–Crippen MR) is 68.2 cm³/mol. The molecule has 1 aliphatic carbocycles. The molecule has 0 spiro atoms. The van der Waals surface area contributed by atoms with E-state index in [9.17, 15) is 4.79 Å². The summed E-state index contributed by atoms with van der Waals surface area (Å²) >= 11 is 0. The average Bonchev–Trinajstić information content (AvgIpc) is 2.76. The molecule has 0 radical (unpaired) electrons. The van der Waals surface area contributed by atoms with E-state index in [4.69, 9.17) is 9.52 Å². The minimum atomic E-state index is -0.632. The number of carboxylic acid groups (broad SMARTS) is 1. The highest BCUT2D eigenvalue weighted by Gasteiger charge is 2.25. The van der Waals surface area contributed by atoms with Crippen molar-refractivity contribution >= 4 is 5.97 Å². The van der Waals surface area contributed by atoms with Crippen LogP contribution in [-0.4, -0.2) is 17.6 Å². The van der Waals surface area contributed by atoms with Crippen molar-refractivity contribution in [1.82, 2.24) is 5.32 Å². The van der Waals surface area contributed by atoms with Gasteiger partial charge in [-0.15, -0.1) is 0 Å². The minimum absolute atomic E-state index is 0.117. The number of carboxylic acids is 1. The highest BCUT2D eigenvalue weighted by atomic mass is 16.4. The highest BCUT2D eigenvalue weighted by molar-refractivity contribution is 5.69. The molecule has 0 aliphatic heterocycles. The van der Waals surface area contributed by atoms with E-state index in [0.717, 1.165) is 44.5 Å². The molecule has 2 rings (SSSR count). The summed E-state index contributed by atoms with van der Waals surface area (Å²) in [6.07, 6.45) is 5.38. The second-order valence-electron chi connectivity index (χ2n) is 5.21. The van der Waals surface area contributed by atoms with E-state index < -0.39 is 5.97 Å². The predicted octanol–water partition coefficient (Wildman–Crippen LogP) is 2.57. The molecule has 0 aromatic carbocycles. The topological polar surface area (TPSA) is 62.5 Å². The standard InChI is InChI=1S/C14H21NO3/c1-10-6-7-18-13(10)9-15-8-11-2-4-12(5-3-11)14(16)17/h6-7,11-12,15H,2-5,8-9H2,1H3,(H,16,17). The summed E-state index contributed by atoms with van der Waals surface area (Å²) in [6.45, 7) is 3.75. The molecule has 4 heteroatoms. The van der Waals surface area contributed by atoms with E-state index in [0.29, 0.717) is 5.92 Å². The number of rotatable bonds is 5. The molecule has 1 aromatic heterocycles. The summed E-state index contributed by atoms with van der Waals surface area (Å²) in [4.78, 5) is 10.8. The second-order valence-corrected chi connectivity index (χ2v) is 5.21. The minimum Gasteiger partial charge on any atom is -0.481 e. The Kier molecular flexibility index (Phi) is 4.42. The van der Waals surface area contributed by atoms with E-state index in [1.807, 2.05) is 13.0 Å². The smallest absolute Gasteiger partial charge is 0.306 e. The van der Waals surface area contributed by atoms with Gasteiger partial charge in [-0.25, -0.2) is 0 Å². The second kappa shape index (κ2) is 6.05. The summed E-state index contributed by atoms with van der Waals surface area (Å²) in [5.74, 6) is 0.853. The van der Waals surface area contributed by atoms with Gasteiger partial charge in [-0.05, 0) is 56.7 Å². The summed E-state index contributed by atoms with van der Waals surface area (Å²) in [7, 11) is 0. The third-order valence-corrected chi connectivity index (χ3v) is 3.88. The van der Waals surface area contributed by atoms with E-state index in [-0.39, 0.29) is 5.92 Å². The van der Waals surface area contributed by atoms with Crippen LogP contribution in [0.25, 0.3) is 0 Å². The summed E-state index contributed by atoms with van der Waals surface area (Å²) in [5, 5.41) is 12.3. The zero-order valence-electron chi connectivity index (χ0n) is 10.8. The number of hydrogen-bond acceptors (Lipinski definition) is 3. The number of carbonyl (C=O) groups is 1. The first-order chi connectivity index (χ1) is 8.66. The molecule has 0 amide bonds. The Hall–Kier alpha value is -1.29. The molecule has 4 nitrogen and oxygen atoms in total. The Labute approximate surface area is 107 Å². The lowest BCUT2D eigenvalue weighted by molar-refractivity contribution is -0.143. The molecular weight excluding hydrogens is 230 g/mol. The molecule has 1 fully saturated rings. The van der Waals surface area contributed by atoms with Crippen molar-refractivity contribution in [3.63, 3.8) is 0 Å². The van der Waals surface area contributed by atoms with Crippen molar-refractivity contribution in [2.24, 2.45) is 11.8 Å². The normalized spacial score (nSPS) is 24.1. The number of aliphatic carboxylic acids is 1. The van der Waals surface area contributed by atoms with Gasteiger partial charge in [-0.3, -0.25) is 4.79 Å². The van der Waals surface area contributed by atoms with Crippen LogP contribution in [-0.2, 0) is 11.3 Å². The Morgan fingerprint density at radius 3 is 2.72 bits per heavy atom. The van der Waals surface area contributed by atoms with Gasteiger partial charge < -0.3 is 14.8 Å². The maximum absolute atomic E-state index is 10.8. The quantitative estimate of drug-likeness (QED) is 0.844. The van der Waals surface area contributed by atoms with Crippen molar-refractivity contribution in [2.45, 2.75) is 39.2 Å². The van der Waals surface area contributed by atoms with Crippen LogP contribution >= 0.6 is 0 Å². The van der Waals surface area contributed by atoms with E-state index in [2.05, 4.69) is 5.32 Å². The molecule has 0 unspecified atom stereocenters. The lowest BCUT2D eigenvalue weighted by atomic mass is 9.82. The molecule has 0 bridgehead atoms. The van der Waals surface area contributed by atoms with Gasteiger partial charge in [0.05, 0.1) is 18.7 Å². The molecule has 0 saturated heterocycles. The third kappa shape index (κ3) is 3.35. The van der Waals surface area contributed by atoms with Crippen LogP contribution in [0, 0.1) is 18.8 Å². The Morgan fingerprint density at radius 1 is 1.44 bits per heavy atom. The van der Waals surface area contributed by atoms with Crippen molar-refractivity contribution in [1.29, 1.82) is 0 Å². The largest absolute Gasteiger partial charge is 0.481 e. The zero-order valence-corrected chi connectivity index (χ0v) is 10.8. The maximum Gasteiger partial charge on any atom is 0.306 e. The fourth-order valence-electron chi connectivity index (χ4n) is 2.59. The van der Waals surface area contributed by atoms with Gasteiger partial charge in [0.25, 0.3) is 0 Å². The molecule has 1 aliphatic rings. The number of hydrogen-bond donors (Lipinski definition) is 2. The lowest BCUT2D eigenvalue weighted by Gasteiger charge is -2.26. The van der Waals surface area contributed by atoms with Gasteiger partial charge in [0.2, 0.25) is 0 Å². The molecule has 1 saturated carbocycles. The molecule has 1 aromatic rings. The van der Waals surface area contributed by atoms with Gasteiger partial charge in [-0.2, -0.15) is 0 Å². The Balaban J connectivity index is 1.67. The third-order valence-electron chi connectivity index (χ3n) is 3.88. The highest BCUT2D eigenvalue weighted by Crippen LogP contribution is 2.28. The number of furan rings is 1. The van der Waals surface area contributed by atoms with Crippen molar-refractivity contribution < 1.29 is 14.3 Å². The fraction of sp³-hybridized carbons (Fsp3) is 0.643. The van der Waals surface area contributed by atoms with Gasteiger partial charge in [0.15, 0.2) is 0 Å². The average molecular weight is 251 g/mol. The Bertz CT molecular complexity index is 391. The van der Waals surface area contributed by atoms with Crippen molar-refractivity contribution in [3.05, 3.63) is 23.7 Å². The first kappa shape index (κ1) is 13.1. The monoisotopic (exact) mass is 251 g/mol. The molecule has 2 N–H and O–H groups in total. The molecule has 100 valence electrons. The van der Waals surface area contributed by atoms with Crippen LogP contribution in [0.15, 0.2) is 16.7 Å². The van der Waals surface area contributed by atoms with E-state index in [1.54, 1.807) is 6.26 Å². The first-order valence-corrected chi connectivity index (χ1v) is 6.63. The lowest BCUT2D eigenvalue weighted by Crippen LogP contribution is -2.28. The number of aryl methyl sites for hydroxylation is 1. The van der Waals surface area contributed by atoms with E-state index in [1.165, 1.54) is 5.56 Å². The van der Waals surface area contributed by atoms with Gasteiger partial charge in [0.1, 0.15) is 5.76 Å². The summed E-state index contributed by atoms with van der Waals surface area (Å²) in [5.41, 5.74) is 1.18. The van der Waals surface area contributed by atoms with Crippen molar-refractivity contribution in [3.8, 4) is 0 Å². The molecule has 0 atom stereocenters. The molecule has 1 heterocycles. The molecular formula is C14H21NO3. The first-order valence-electron chi connectivity index (χ1n) is 6.63. The number of nitrogens with one attached hydrogen (secondary N) is 1. The Morgan fingerprint density at radius 2 is 2.17 bits per heavy atom. The van der Waals surface area contributed by atoms with Crippen LogP contribution in [0.3, 0.4) is 0 Å². The zero-order chi connectivity index (χ0) is 13.0. The van der Waals surface area contributed by atoms with Crippen LogP contribution < -0.4 is 5.32 Å². The van der Waals surface area contributed by atoms with E-state index >= 15 is 0 Å². The van der Waals surface area contributed by atoms with Crippen LogP contribution in [0.1, 0.15) is 37.0 Å².